The number of imide groups is 1. The molecule has 1 rings (SSSR count). The number of rotatable bonds is 5. The summed E-state index contributed by atoms with van der Waals surface area (Å²) in [6.07, 6.45) is 0.477. The van der Waals surface area contributed by atoms with Crippen molar-refractivity contribution in [2.24, 2.45) is 5.92 Å². The molecule has 0 aromatic carbocycles. The molecule has 4 amide bonds. The first kappa shape index (κ1) is 15.9. The van der Waals surface area contributed by atoms with Crippen LogP contribution in [0.2, 0.25) is 0 Å². The Kier molecular flexibility index (Phi) is 5.06. The molecule has 8 heteroatoms. The van der Waals surface area contributed by atoms with Crippen molar-refractivity contribution in [1.82, 2.24) is 15.5 Å². The van der Waals surface area contributed by atoms with Crippen LogP contribution in [-0.4, -0.2) is 53.0 Å². The summed E-state index contributed by atoms with van der Waals surface area (Å²) in [4.78, 5) is 46.6. The lowest BCUT2D eigenvalue weighted by atomic mass is 9.99. The van der Waals surface area contributed by atoms with Crippen LogP contribution in [0.3, 0.4) is 0 Å². The first-order valence-corrected chi connectivity index (χ1v) is 6.38. The Morgan fingerprint density at radius 1 is 1.45 bits per heavy atom. The van der Waals surface area contributed by atoms with Crippen molar-refractivity contribution in [3.63, 3.8) is 0 Å². The summed E-state index contributed by atoms with van der Waals surface area (Å²) in [7, 11) is 1.34. The Hall–Kier alpha value is -2.12. The van der Waals surface area contributed by atoms with Crippen molar-refractivity contribution in [3.05, 3.63) is 0 Å². The van der Waals surface area contributed by atoms with Gasteiger partial charge in [0.05, 0.1) is 6.42 Å². The highest BCUT2D eigenvalue weighted by Crippen LogP contribution is 2.11. The third-order valence-corrected chi connectivity index (χ3v) is 3.45. The number of likely N-dealkylation sites (N-methyl/N-ethyl adjacent to an activating group) is 1. The topological polar surface area (TPSA) is 116 Å². The lowest BCUT2D eigenvalue weighted by Gasteiger charge is -2.21. The third-order valence-electron chi connectivity index (χ3n) is 3.45. The fraction of sp³-hybridized carbons (Fsp3) is 0.667. The van der Waals surface area contributed by atoms with Gasteiger partial charge < -0.3 is 15.7 Å². The molecular formula is C12H19N3O5. The summed E-state index contributed by atoms with van der Waals surface area (Å²) in [5.41, 5.74) is 0. The zero-order chi connectivity index (χ0) is 15.4. The van der Waals surface area contributed by atoms with Crippen LogP contribution >= 0.6 is 0 Å². The van der Waals surface area contributed by atoms with Gasteiger partial charge in [0.15, 0.2) is 0 Å². The van der Waals surface area contributed by atoms with Crippen LogP contribution in [0.5, 0.6) is 0 Å². The van der Waals surface area contributed by atoms with Crippen LogP contribution in [0, 0.1) is 5.92 Å². The van der Waals surface area contributed by atoms with Gasteiger partial charge in [0.2, 0.25) is 5.91 Å². The molecule has 112 valence electrons. The second-order valence-electron chi connectivity index (χ2n) is 4.87. The Labute approximate surface area is 116 Å². The number of amides is 4. The maximum absolute atomic E-state index is 11.7. The van der Waals surface area contributed by atoms with Gasteiger partial charge >= 0.3 is 12.0 Å². The number of nitrogens with zero attached hydrogens (tertiary/aromatic N) is 1. The van der Waals surface area contributed by atoms with E-state index in [0.29, 0.717) is 6.42 Å². The lowest BCUT2D eigenvalue weighted by Crippen LogP contribution is -2.52. The molecule has 0 aliphatic carbocycles. The smallest absolute Gasteiger partial charge is 0.326 e. The average Bonchev–Trinajstić information content (AvgIpc) is 2.62. The first-order valence-electron chi connectivity index (χ1n) is 6.38. The minimum absolute atomic E-state index is 0.107. The molecule has 0 spiro atoms. The predicted molar refractivity (Wildman–Crippen MR) is 68.7 cm³/mol. The molecule has 1 aliphatic rings. The summed E-state index contributed by atoms with van der Waals surface area (Å²) in [5.74, 6) is -2.26. The van der Waals surface area contributed by atoms with Gasteiger partial charge in [-0.05, 0) is 5.92 Å². The van der Waals surface area contributed by atoms with Crippen LogP contribution in [-0.2, 0) is 14.4 Å². The molecule has 1 aliphatic heterocycles. The normalized spacial score (nSPS) is 21.6. The Morgan fingerprint density at radius 2 is 2.05 bits per heavy atom. The van der Waals surface area contributed by atoms with Crippen LogP contribution in [0.1, 0.15) is 26.7 Å². The zero-order valence-electron chi connectivity index (χ0n) is 11.7. The van der Waals surface area contributed by atoms with Gasteiger partial charge in [-0.25, -0.2) is 9.59 Å². The van der Waals surface area contributed by atoms with Crippen molar-refractivity contribution in [2.45, 2.75) is 38.8 Å². The number of aliphatic carboxylic acids is 1. The maximum atomic E-state index is 11.7. The van der Waals surface area contributed by atoms with Crippen molar-refractivity contribution < 1.29 is 24.3 Å². The molecule has 20 heavy (non-hydrogen) atoms. The van der Waals surface area contributed by atoms with E-state index in [1.807, 2.05) is 6.92 Å². The zero-order valence-corrected chi connectivity index (χ0v) is 11.7. The van der Waals surface area contributed by atoms with Crippen LogP contribution in [0.4, 0.5) is 4.79 Å². The van der Waals surface area contributed by atoms with E-state index in [2.05, 4.69) is 10.6 Å². The first-order chi connectivity index (χ1) is 9.27. The van der Waals surface area contributed by atoms with Crippen LogP contribution in [0.15, 0.2) is 0 Å². The second kappa shape index (κ2) is 6.36. The number of carboxylic acids is 1. The second-order valence-corrected chi connectivity index (χ2v) is 4.87. The molecule has 0 saturated carbocycles. The van der Waals surface area contributed by atoms with Crippen LogP contribution < -0.4 is 10.6 Å². The molecule has 8 nitrogen and oxygen atoms in total. The minimum Gasteiger partial charge on any atom is -0.480 e. The van der Waals surface area contributed by atoms with E-state index in [0.717, 1.165) is 4.90 Å². The number of hydrogen-bond donors (Lipinski definition) is 3. The van der Waals surface area contributed by atoms with E-state index in [1.54, 1.807) is 6.92 Å². The number of hydrogen-bond acceptors (Lipinski definition) is 4. The summed E-state index contributed by atoms with van der Waals surface area (Å²) in [5, 5.41) is 13.7. The summed E-state index contributed by atoms with van der Waals surface area (Å²) < 4.78 is 0. The molecule has 3 atom stereocenters. The molecule has 0 aromatic rings. The van der Waals surface area contributed by atoms with Crippen LogP contribution in [0.25, 0.3) is 0 Å². The Morgan fingerprint density at radius 3 is 2.45 bits per heavy atom. The number of carbonyl (C=O) groups excluding carboxylic acids is 3. The number of likely N-dealkylation sites (tertiary alicyclic amines) is 1. The Balaban J connectivity index is 2.61. The molecule has 1 saturated heterocycles. The fourth-order valence-electron chi connectivity index (χ4n) is 1.89. The van der Waals surface area contributed by atoms with Gasteiger partial charge in [0.25, 0.3) is 5.91 Å². The molecule has 0 bridgehead atoms. The predicted octanol–water partition coefficient (Wildman–Crippen LogP) is -0.458. The highest BCUT2D eigenvalue weighted by atomic mass is 16.4. The fourth-order valence-corrected chi connectivity index (χ4v) is 1.89. The number of carbonyl (C=O) groups is 4. The van der Waals surface area contributed by atoms with Gasteiger partial charge in [-0.2, -0.15) is 0 Å². The molecule has 1 heterocycles. The van der Waals surface area contributed by atoms with Crippen molar-refractivity contribution in [2.75, 3.05) is 7.05 Å². The standard InChI is InChI=1S/C12H19N3O5/c1-4-6(2)9(11(18)19)14-12(20)13-7-5-8(16)15(3)10(7)17/h6-7,9H,4-5H2,1-3H3,(H,18,19)(H2,13,14,20)/t6-,7?,9-/m0/s1. The minimum atomic E-state index is -1.14. The lowest BCUT2D eigenvalue weighted by molar-refractivity contribution is -0.140. The maximum Gasteiger partial charge on any atom is 0.326 e. The van der Waals surface area contributed by atoms with E-state index in [9.17, 15) is 19.2 Å². The highest BCUT2D eigenvalue weighted by Gasteiger charge is 2.37. The number of carboxylic acid groups (broad SMARTS) is 1. The highest BCUT2D eigenvalue weighted by molar-refractivity contribution is 6.06. The molecule has 1 unspecified atom stereocenters. The van der Waals surface area contributed by atoms with E-state index in [4.69, 9.17) is 5.11 Å². The van der Waals surface area contributed by atoms with Gasteiger partial charge in [-0.15, -0.1) is 0 Å². The molecular weight excluding hydrogens is 266 g/mol. The van der Waals surface area contributed by atoms with Gasteiger partial charge in [0.1, 0.15) is 12.1 Å². The van der Waals surface area contributed by atoms with Gasteiger partial charge in [0, 0.05) is 7.05 Å². The SMILES string of the molecule is CC[C@H](C)[C@H](NC(=O)NC1CC(=O)N(C)C1=O)C(=O)O. The quantitative estimate of drug-likeness (QED) is 0.591. The van der Waals surface area contributed by atoms with Crippen molar-refractivity contribution in [3.8, 4) is 0 Å². The van der Waals surface area contributed by atoms with Crippen molar-refractivity contribution >= 4 is 23.8 Å². The van der Waals surface area contributed by atoms with Gasteiger partial charge in [-0.1, -0.05) is 20.3 Å². The molecule has 0 aromatic heterocycles. The molecule has 3 N–H and O–H groups in total. The largest absolute Gasteiger partial charge is 0.480 e. The number of urea groups is 1. The van der Waals surface area contributed by atoms with E-state index in [1.165, 1.54) is 7.05 Å². The average molecular weight is 285 g/mol. The summed E-state index contributed by atoms with van der Waals surface area (Å²) >= 11 is 0. The Bertz CT molecular complexity index is 437. The summed E-state index contributed by atoms with van der Waals surface area (Å²) in [6.45, 7) is 3.52. The third kappa shape index (κ3) is 3.46. The van der Waals surface area contributed by atoms with E-state index >= 15 is 0 Å². The summed E-state index contributed by atoms with van der Waals surface area (Å²) in [6, 6.07) is -2.73. The monoisotopic (exact) mass is 285 g/mol. The number of nitrogens with one attached hydrogen (secondary N) is 2. The molecule has 1 fully saturated rings. The van der Waals surface area contributed by atoms with Crippen molar-refractivity contribution in [1.29, 1.82) is 0 Å². The van der Waals surface area contributed by atoms with E-state index in [-0.39, 0.29) is 18.2 Å². The van der Waals surface area contributed by atoms with E-state index < -0.39 is 30.0 Å². The molecule has 0 radical (unpaired) electrons. The van der Waals surface area contributed by atoms with Gasteiger partial charge in [-0.3, -0.25) is 14.5 Å².